The summed E-state index contributed by atoms with van der Waals surface area (Å²) in [6.07, 6.45) is 4.75. The largest absolute Gasteiger partial charge is 0.481 e. The number of fused-ring (bicyclic) bond motifs is 1. The number of carboxylic acid groups (broad SMARTS) is 1. The van der Waals surface area contributed by atoms with Gasteiger partial charge in [0.05, 0.1) is 17.5 Å². The van der Waals surface area contributed by atoms with E-state index in [1.54, 1.807) is 29.2 Å². The van der Waals surface area contributed by atoms with Gasteiger partial charge in [-0.3, -0.25) is 14.4 Å². The molecule has 0 bridgehead atoms. The standard InChI is InChI=1S/C42H44ClFN2O6/c1-42(2,3)29-11-16-31(17-12-29)51-32-15-8-27-20-21-46(38(47)22-26-6-4-5-7-26)40(34(27)23-32)41(50)45-37(25-39(48)49)28-9-13-30(14-10-28)52-33-18-19-36(44)35(43)24-33/h8-19,23-24,26,37,40H,4-7,20-22,25H2,1-3H3,(H,45,50)(H,48,49). The predicted octanol–water partition coefficient (Wildman–Crippen LogP) is 9.70. The highest BCUT2D eigenvalue weighted by atomic mass is 35.5. The molecule has 0 aromatic heterocycles. The van der Waals surface area contributed by atoms with Crippen molar-refractivity contribution in [2.45, 2.75) is 83.2 Å². The van der Waals surface area contributed by atoms with Crippen molar-refractivity contribution in [2.24, 2.45) is 5.92 Å². The Morgan fingerprint density at radius 2 is 1.48 bits per heavy atom. The second kappa shape index (κ2) is 15.8. The first-order valence-corrected chi connectivity index (χ1v) is 18.2. The van der Waals surface area contributed by atoms with E-state index in [4.69, 9.17) is 21.1 Å². The molecule has 1 heterocycles. The fourth-order valence-corrected chi connectivity index (χ4v) is 7.24. The fraction of sp³-hybridized carbons (Fsp3) is 0.357. The highest BCUT2D eigenvalue weighted by Gasteiger charge is 2.38. The number of amides is 2. The van der Waals surface area contributed by atoms with Gasteiger partial charge in [-0.2, -0.15) is 0 Å². The summed E-state index contributed by atoms with van der Waals surface area (Å²) in [6, 6.07) is 22.3. The molecule has 2 N–H and O–H groups in total. The third-order valence-electron chi connectivity index (χ3n) is 9.91. The molecule has 2 amide bonds. The maximum absolute atomic E-state index is 14.4. The molecule has 52 heavy (non-hydrogen) atoms. The van der Waals surface area contributed by atoms with Crippen LogP contribution in [0.15, 0.2) is 84.9 Å². The topological polar surface area (TPSA) is 105 Å². The van der Waals surface area contributed by atoms with Crippen molar-refractivity contribution in [2.75, 3.05) is 6.54 Å². The Morgan fingerprint density at radius 3 is 2.10 bits per heavy atom. The van der Waals surface area contributed by atoms with Crippen LogP contribution in [0.1, 0.15) is 93.6 Å². The molecule has 4 aromatic rings. The van der Waals surface area contributed by atoms with Crippen LogP contribution in [0, 0.1) is 11.7 Å². The van der Waals surface area contributed by atoms with E-state index in [0.29, 0.717) is 53.5 Å². The normalized spacial score (nSPS) is 16.6. The molecule has 0 spiro atoms. The highest BCUT2D eigenvalue weighted by molar-refractivity contribution is 6.30. The summed E-state index contributed by atoms with van der Waals surface area (Å²) < 4.78 is 25.7. The van der Waals surface area contributed by atoms with Crippen LogP contribution >= 0.6 is 11.6 Å². The minimum absolute atomic E-state index is 0.00740. The summed E-state index contributed by atoms with van der Waals surface area (Å²) in [6.45, 7) is 6.81. The van der Waals surface area contributed by atoms with E-state index in [2.05, 4.69) is 26.1 Å². The van der Waals surface area contributed by atoms with Crippen LogP contribution < -0.4 is 14.8 Å². The molecule has 8 nitrogen and oxygen atoms in total. The molecule has 10 heteroatoms. The van der Waals surface area contributed by atoms with Gasteiger partial charge in [-0.15, -0.1) is 0 Å². The van der Waals surface area contributed by atoms with Gasteiger partial charge < -0.3 is 24.8 Å². The van der Waals surface area contributed by atoms with Gasteiger partial charge in [0, 0.05) is 19.0 Å². The SMILES string of the molecule is CC(C)(C)c1ccc(Oc2ccc3c(c2)C(C(=O)NC(CC(=O)O)c2ccc(Oc4ccc(F)c(Cl)c4)cc2)N(C(=O)CC2CCCC2)CC3)cc1. The van der Waals surface area contributed by atoms with Crippen LogP contribution in [-0.2, 0) is 26.2 Å². The number of carbonyl (C=O) groups excluding carboxylic acids is 2. The van der Waals surface area contributed by atoms with Crippen molar-refractivity contribution in [3.8, 4) is 23.0 Å². The number of aliphatic carboxylic acids is 1. The maximum atomic E-state index is 14.4. The average Bonchev–Trinajstić information content (AvgIpc) is 3.62. The van der Waals surface area contributed by atoms with Gasteiger partial charge in [0.1, 0.15) is 34.9 Å². The number of benzene rings is 4. The number of hydrogen-bond acceptors (Lipinski definition) is 5. The van der Waals surface area contributed by atoms with Crippen LogP contribution in [-0.4, -0.2) is 34.3 Å². The molecule has 0 saturated heterocycles. The molecule has 4 aromatic carbocycles. The fourth-order valence-electron chi connectivity index (χ4n) is 7.07. The van der Waals surface area contributed by atoms with Crippen LogP contribution in [0.3, 0.4) is 0 Å². The van der Waals surface area contributed by atoms with Gasteiger partial charge in [-0.25, -0.2) is 4.39 Å². The van der Waals surface area contributed by atoms with Gasteiger partial charge in [0.25, 0.3) is 0 Å². The molecule has 0 radical (unpaired) electrons. The minimum atomic E-state index is -1.10. The van der Waals surface area contributed by atoms with Gasteiger partial charge in [0.2, 0.25) is 11.8 Å². The number of carbonyl (C=O) groups is 3. The maximum Gasteiger partial charge on any atom is 0.305 e. The zero-order chi connectivity index (χ0) is 37.0. The molecule has 272 valence electrons. The Morgan fingerprint density at radius 1 is 0.885 bits per heavy atom. The Kier molecular flexibility index (Phi) is 11.2. The van der Waals surface area contributed by atoms with Crippen molar-refractivity contribution in [3.63, 3.8) is 0 Å². The van der Waals surface area contributed by atoms with E-state index in [-0.39, 0.29) is 28.7 Å². The van der Waals surface area contributed by atoms with Gasteiger partial charge in [-0.05, 0) is 101 Å². The summed E-state index contributed by atoms with van der Waals surface area (Å²) in [5, 5.41) is 12.8. The zero-order valence-corrected chi connectivity index (χ0v) is 30.4. The summed E-state index contributed by atoms with van der Waals surface area (Å²) in [4.78, 5) is 42.1. The minimum Gasteiger partial charge on any atom is -0.481 e. The smallest absolute Gasteiger partial charge is 0.305 e. The number of halogens is 2. The monoisotopic (exact) mass is 726 g/mol. The quantitative estimate of drug-likeness (QED) is 0.160. The lowest BCUT2D eigenvalue weighted by molar-refractivity contribution is -0.143. The van der Waals surface area contributed by atoms with Crippen LogP contribution in [0.5, 0.6) is 23.0 Å². The molecular formula is C42H44ClFN2O6. The first-order chi connectivity index (χ1) is 24.8. The van der Waals surface area contributed by atoms with E-state index in [9.17, 15) is 23.9 Å². The highest BCUT2D eigenvalue weighted by Crippen LogP contribution is 2.38. The number of nitrogens with one attached hydrogen (secondary N) is 1. The van der Waals surface area contributed by atoms with E-state index in [0.717, 1.165) is 31.2 Å². The molecule has 2 aliphatic rings. The Bertz CT molecular complexity index is 1920. The van der Waals surface area contributed by atoms with Gasteiger partial charge in [-0.1, -0.05) is 75.5 Å². The second-order valence-electron chi connectivity index (χ2n) is 14.7. The second-order valence-corrected chi connectivity index (χ2v) is 15.1. The molecule has 2 atom stereocenters. The zero-order valence-electron chi connectivity index (χ0n) is 29.7. The summed E-state index contributed by atoms with van der Waals surface area (Å²) in [5.41, 5.74) is 3.29. The molecule has 1 aliphatic carbocycles. The number of hydrogen-bond donors (Lipinski definition) is 2. The van der Waals surface area contributed by atoms with Crippen molar-refractivity contribution in [1.29, 1.82) is 0 Å². The lowest BCUT2D eigenvalue weighted by Gasteiger charge is -2.38. The van der Waals surface area contributed by atoms with Crippen molar-refractivity contribution in [3.05, 3.63) is 118 Å². The van der Waals surface area contributed by atoms with E-state index in [1.165, 1.54) is 23.8 Å². The van der Waals surface area contributed by atoms with Crippen LogP contribution in [0.2, 0.25) is 5.02 Å². The van der Waals surface area contributed by atoms with Crippen LogP contribution in [0.4, 0.5) is 4.39 Å². The number of rotatable bonds is 11. The van der Waals surface area contributed by atoms with E-state index >= 15 is 0 Å². The predicted molar refractivity (Wildman–Crippen MR) is 197 cm³/mol. The Labute approximate surface area is 308 Å². The molecule has 1 fully saturated rings. The van der Waals surface area contributed by atoms with Crippen molar-refractivity contribution in [1.82, 2.24) is 10.2 Å². The number of carboxylic acids is 1. The van der Waals surface area contributed by atoms with E-state index in [1.807, 2.05) is 42.5 Å². The summed E-state index contributed by atoms with van der Waals surface area (Å²) in [5.74, 6) is -0.00612. The lowest BCUT2D eigenvalue weighted by Crippen LogP contribution is -2.48. The summed E-state index contributed by atoms with van der Waals surface area (Å²) >= 11 is 5.89. The third-order valence-corrected chi connectivity index (χ3v) is 10.2. The van der Waals surface area contributed by atoms with Crippen LogP contribution in [0.25, 0.3) is 0 Å². The lowest BCUT2D eigenvalue weighted by atomic mass is 9.87. The van der Waals surface area contributed by atoms with Gasteiger partial charge in [0.15, 0.2) is 0 Å². The number of nitrogens with zero attached hydrogens (tertiary/aromatic N) is 1. The molecular weight excluding hydrogens is 683 g/mol. The molecule has 6 rings (SSSR count). The first-order valence-electron chi connectivity index (χ1n) is 17.8. The third kappa shape index (κ3) is 8.94. The molecule has 1 saturated carbocycles. The Hall–Kier alpha value is -4.89. The Balaban J connectivity index is 1.27. The molecule has 2 unspecified atom stereocenters. The van der Waals surface area contributed by atoms with Gasteiger partial charge >= 0.3 is 5.97 Å². The molecule has 1 aliphatic heterocycles. The summed E-state index contributed by atoms with van der Waals surface area (Å²) in [7, 11) is 0. The first kappa shape index (κ1) is 36.9. The van der Waals surface area contributed by atoms with E-state index < -0.39 is 29.8 Å². The van der Waals surface area contributed by atoms with Crippen molar-refractivity contribution >= 4 is 29.4 Å². The van der Waals surface area contributed by atoms with Crippen molar-refractivity contribution < 1.29 is 33.4 Å². The average molecular weight is 727 g/mol. The number of ether oxygens (including phenoxy) is 2.